The van der Waals surface area contributed by atoms with Crippen molar-refractivity contribution in [2.24, 2.45) is 16.8 Å². The molecule has 0 saturated heterocycles. The average Bonchev–Trinajstić information content (AvgIpc) is 2.94. The molecule has 2 fully saturated rings. The van der Waals surface area contributed by atoms with E-state index in [0.717, 1.165) is 17.0 Å². The fourth-order valence-corrected chi connectivity index (χ4v) is 4.32. The number of hydrogen-bond donors (Lipinski definition) is 0. The van der Waals surface area contributed by atoms with Gasteiger partial charge in [0.15, 0.2) is 5.17 Å². The Hall–Kier alpha value is -0.510. The summed E-state index contributed by atoms with van der Waals surface area (Å²) >= 11 is 1.62. The molecule has 4 heteroatoms. The highest BCUT2D eigenvalue weighted by Gasteiger charge is 2.43. The first kappa shape index (κ1) is 10.6. The zero-order valence-corrected chi connectivity index (χ0v) is 10.7. The van der Waals surface area contributed by atoms with Gasteiger partial charge in [0, 0.05) is 13.1 Å². The summed E-state index contributed by atoms with van der Waals surface area (Å²) in [7, 11) is 2.11. The lowest BCUT2D eigenvalue weighted by atomic mass is 9.95. The lowest BCUT2D eigenvalue weighted by Crippen LogP contribution is -2.38. The van der Waals surface area contributed by atoms with Crippen LogP contribution in [0.15, 0.2) is 4.99 Å². The highest BCUT2D eigenvalue weighted by atomic mass is 32.2. The van der Waals surface area contributed by atoms with Gasteiger partial charge in [-0.1, -0.05) is 18.2 Å². The van der Waals surface area contributed by atoms with Crippen molar-refractivity contribution >= 4 is 22.8 Å². The molecule has 1 aliphatic heterocycles. The van der Waals surface area contributed by atoms with Crippen LogP contribution in [0.4, 0.5) is 0 Å². The topological polar surface area (TPSA) is 32.7 Å². The first-order chi connectivity index (χ1) is 7.65. The minimum absolute atomic E-state index is 0.0241. The van der Waals surface area contributed by atoms with Gasteiger partial charge in [-0.25, -0.2) is 0 Å². The number of amidine groups is 1. The Labute approximate surface area is 101 Å². The number of hydrogen-bond acceptors (Lipinski definition) is 3. The predicted octanol–water partition coefficient (Wildman–Crippen LogP) is 2.12. The van der Waals surface area contributed by atoms with Crippen LogP contribution in [0.3, 0.4) is 0 Å². The minimum Gasteiger partial charge on any atom is -0.351 e. The fraction of sp³-hybridized carbons (Fsp3) is 0.833. The second-order valence-corrected chi connectivity index (χ2v) is 6.65. The molecule has 0 aromatic heterocycles. The van der Waals surface area contributed by atoms with E-state index in [1.54, 1.807) is 11.8 Å². The van der Waals surface area contributed by atoms with Crippen LogP contribution in [0.1, 0.15) is 32.6 Å². The number of fused-ring (bicyclic) bond motifs is 2. The first-order valence-electron chi connectivity index (χ1n) is 6.17. The molecule has 2 bridgehead atoms. The van der Waals surface area contributed by atoms with Crippen molar-refractivity contribution in [3.63, 3.8) is 0 Å². The molecule has 0 aromatic rings. The highest BCUT2D eigenvalue weighted by Crippen LogP contribution is 2.47. The van der Waals surface area contributed by atoms with Gasteiger partial charge in [-0.2, -0.15) is 4.99 Å². The van der Waals surface area contributed by atoms with E-state index >= 15 is 0 Å². The van der Waals surface area contributed by atoms with Gasteiger partial charge >= 0.3 is 0 Å². The molecule has 4 atom stereocenters. The standard InChI is InChI=1S/C12H18N2OS/c1-7-11(15)13-12(16-7)14(2)10-6-8-3-4-9(10)5-8/h7-10H,3-6H2,1-2H3/t7?,8-,9+,10+/m1/s1. The van der Waals surface area contributed by atoms with Crippen LogP contribution in [0.25, 0.3) is 0 Å². The van der Waals surface area contributed by atoms with Crippen LogP contribution < -0.4 is 0 Å². The maximum atomic E-state index is 11.4. The second-order valence-electron chi connectivity index (χ2n) is 5.35. The molecule has 16 heavy (non-hydrogen) atoms. The summed E-state index contributed by atoms with van der Waals surface area (Å²) in [6.07, 6.45) is 5.50. The number of carbonyl (C=O) groups is 1. The second kappa shape index (κ2) is 3.76. The van der Waals surface area contributed by atoms with Gasteiger partial charge in [0.1, 0.15) is 0 Å². The van der Waals surface area contributed by atoms with E-state index in [2.05, 4.69) is 16.9 Å². The Morgan fingerprint density at radius 3 is 2.69 bits per heavy atom. The van der Waals surface area contributed by atoms with Crippen molar-refractivity contribution in [3.05, 3.63) is 0 Å². The molecule has 2 saturated carbocycles. The zero-order chi connectivity index (χ0) is 11.3. The molecule has 1 amide bonds. The monoisotopic (exact) mass is 238 g/mol. The maximum Gasteiger partial charge on any atom is 0.261 e. The third kappa shape index (κ3) is 1.58. The summed E-state index contributed by atoms with van der Waals surface area (Å²) in [6.45, 7) is 1.94. The van der Waals surface area contributed by atoms with E-state index in [9.17, 15) is 4.79 Å². The predicted molar refractivity (Wildman–Crippen MR) is 66.5 cm³/mol. The Morgan fingerprint density at radius 1 is 1.38 bits per heavy atom. The largest absolute Gasteiger partial charge is 0.351 e. The summed E-state index contributed by atoms with van der Waals surface area (Å²) < 4.78 is 0. The molecule has 2 aliphatic carbocycles. The first-order valence-corrected chi connectivity index (χ1v) is 7.05. The summed E-state index contributed by atoms with van der Waals surface area (Å²) in [6, 6.07) is 0.642. The molecule has 88 valence electrons. The van der Waals surface area contributed by atoms with Crippen molar-refractivity contribution in [2.45, 2.75) is 43.9 Å². The SMILES string of the molecule is CC1SC(N(C)[C@H]2C[C@@H]3CC[C@H]2C3)=NC1=O. The molecular formula is C12H18N2OS. The number of amides is 1. The molecular weight excluding hydrogens is 220 g/mol. The van der Waals surface area contributed by atoms with E-state index in [4.69, 9.17) is 0 Å². The van der Waals surface area contributed by atoms with Crippen LogP contribution in [0, 0.1) is 11.8 Å². The van der Waals surface area contributed by atoms with E-state index in [0.29, 0.717) is 6.04 Å². The lowest BCUT2D eigenvalue weighted by Gasteiger charge is -2.32. The van der Waals surface area contributed by atoms with E-state index < -0.39 is 0 Å². The molecule has 0 radical (unpaired) electrons. The Bertz CT molecular complexity index is 355. The van der Waals surface area contributed by atoms with Gasteiger partial charge in [0.25, 0.3) is 5.91 Å². The maximum absolute atomic E-state index is 11.4. The van der Waals surface area contributed by atoms with Gasteiger partial charge in [-0.3, -0.25) is 4.79 Å². The number of carbonyl (C=O) groups excluding carboxylic acids is 1. The fourth-order valence-electron chi connectivity index (χ4n) is 3.41. The van der Waals surface area contributed by atoms with Gasteiger partial charge in [0.2, 0.25) is 0 Å². The Kier molecular flexibility index (Phi) is 2.50. The Morgan fingerprint density at radius 2 is 2.19 bits per heavy atom. The van der Waals surface area contributed by atoms with Crippen LogP contribution in [-0.2, 0) is 4.79 Å². The lowest BCUT2D eigenvalue weighted by molar-refractivity contribution is -0.116. The van der Waals surface area contributed by atoms with E-state index in [1.165, 1.54) is 25.7 Å². The molecule has 0 N–H and O–H groups in total. The number of thioether (sulfide) groups is 1. The van der Waals surface area contributed by atoms with Crippen molar-refractivity contribution in [1.82, 2.24) is 4.90 Å². The highest BCUT2D eigenvalue weighted by molar-refractivity contribution is 8.15. The quantitative estimate of drug-likeness (QED) is 0.701. The van der Waals surface area contributed by atoms with Crippen LogP contribution in [0.5, 0.6) is 0 Å². The van der Waals surface area contributed by atoms with Crippen LogP contribution in [0.2, 0.25) is 0 Å². The Balaban J connectivity index is 1.72. The number of rotatable bonds is 1. The van der Waals surface area contributed by atoms with Gasteiger partial charge in [-0.15, -0.1) is 0 Å². The average molecular weight is 238 g/mol. The number of nitrogens with zero attached hydrogens (tertiary/aromatic N) is 2. The summed E-state index contributed by atoms with van der Waals surface area (Å²) in [4.78, 5) is 17.9. The normalized spacial score (nSPS) is 41.6. The summed E-state index contributed by atoms with van der Waals surface area (Å²) in [5.41, 5.74) is 0. The molecule has 3 rings (SSSR count). The minimum atomic E-state index is 0.0241. The molecule has 0 spiro atoms. The molecule has 3 aliphatic rings. The van der Waals surface area contributed by atoms with E-state index in [-0.39, 0.29) is 11.2 Å². The van der Waals surface area contributed by atoms with Gasteiger partial charge in [-0.05, 0) is 38.0 Å². The van der Waals surface area contributed by atoms with Crippen LogP contribution in [-0.4, -0.2) is 34.3 Å². The molecule has 3 nitrogen and oxygen atoms in total. The molecule has 0 aromatic carbocycles. The third-order valence-corrected chi connectivity index (χ3v) is 5.48. The van der Waals surface area contributed by atoms with Crippen molar-refractivity contribution in [3.8, 4) is 0 Å². The van der Waals surface area contributed by atoms with E-state index in [1.807, 2.05) is 6.92 Å². The smallest absolute Gasteiger partial charge is 0.261 e. The van der Waals surface area contributed by atoms with Crippen molar-refractivity contribution in [1.29, 1.82) is 0 Å². The molecule has 1 unspecified atom stereocenters. The zero-order valence-electron chi connectivity index (χ0n) is 9.85. The van der Waals surface area contributed by atoms with Gasteiger partial charge in [0.05, 0.1) is 5.25 Å². The van der Waals surface area contributed by atoms with Crippen molar-refractivity contribution in [2.75, 3.05) is 7.05 Å². The summed E-state index contributed by atoms with van der Waals surface area (Å²) in [5, 5.41) is 0.978. The third-order valence-electron chi connectivity index (χ3n) is 4.34. The van der Waals surface area contributed by atoms with Crippen LogP contribution >= 0.6 is 11.8 Å². The summed E-state index contributed by atoms with van der Waals surface area (Å²) in [5.74, 6) is 1.83. The van der Waals surface area contributed by atoms with Gasteiger partial charge < -0.3 is 4.90 Å². The molecule has 1 heterocycles. The number of aliphatic imine (C=N–C) groups is 1. The van der Waals surface area contributed by atoms with Crippen molar-refractivity contribution < 1.29 is 4.79 Å².